The first kappa shape index (κ1) is 16.6. The van der Waals surface area contributed by atoms with Gasteiger partial charge in [-0.2, -0.15) is 0 Å². The number of hydrogen-bond acceptors (Lipinski definition) is 5. The number of anilines is 2. The van der Waals surface area contributed by atoms with Crippen molar-refractivity contribution >= 4 is 27.6 Å². The molecule has 0 saturated carbocycles. The van der Waals surface area contributed by atoms with Gasteiger partial charge in [-0.05, 0) is 44.2 Å². The third-order valence-electron chi connectivity index (χ3n) is 2.83. The van der Waals surface area contributed by atoms with Crippen molar-refractivity contribution in [3.05, 3.63) is 54.4 Å². The van der Waals surface area contributed by atoms with Crippen molar-refractivity contribution < 1.29 is 13.2 Å². The van der Waals surface area contributed by atoms with E-state index in [1.165, 1.54) is 30.5 Å². The van der Waals surface area contributed by atoms with Crippen LogP contribution in [0.25, 0.3) is 0 Å². The van der Waals surface area contributed by atoms with Gasteiger partial charge < -0.3 is 5.32 Å². The minimum absolute atomic E-state index is 0.00432. The van der Waals surface area contributed by atoms with Gasteiger partial charge in [0.2, 0.25) is 5.95 Å². The van der Waals surface area contributed by atoms with Crippen molar-refractivity contribution in [2.24, 2.45) is 0 Å². The van der Waals surface area contributed by atoms with Gasteiger partial charge in [0.05, 0.1) is 4.90 Å². The number of hydrogen-bond donors (Lipinski definition) is 2. The number of carbonyl (C=O) groups excluding carboxylic acids is 1. The highest BCUT2D eigenvalue weighted by atomic mass is 32.2. The molecule has 2 aromatic rings. The molecule has 2 rings (SSSR count). The summed E-state index contributed by atoms with van der Waals surface area (Å²) in [5.74, 6) is -0.323. The molecule has 1 aromatic heterocycles. The Morgan fingerprint density at radius 1 is 1.17 bits per heavy atom. The number of carbonyl (C=O) groups is 1. The van der Waals surface area contributed by atoms with Gasteiger partial charge in [0.15, 0.2) is 0 Å². The third kappa shape index (κ3) is 4.36. The van der Waals surface area contributed by atoms with Gasteiger partial charge >= 0.3 is 0 Å². The maximum atomic E-state index is 12.3. The molecule has 120 valence electrons. The van der Waals surface area contributed by atoms with Gasteiger partial charge in [-0.25, -0.2) is 23.1 Å². The van der Waals surface area contributed by atoms with Crippen molar-refractivity contribution in [2.45, 2.75) is 18.7 Å². The molecule has 0 unspecified atom stereocenters. The molecule has 0 saturated heterocycles. The SMILES string of the molecule is C=C(C)C(=O)Nc1ccc(S(=O)(=O)Nc2nccc(C)n2)cc1. The summed E-state index contributed by atoms with van der Waals surface area (Å²) in [7, 11) is -3.80. The first-order chi connectivity index (χ1) is 10.8. The van der Waals surface area contributed by atoms with Crippen LogP contribution < -0.4 is 10.0 Å². The maximum Gasteiger partial charge on any atom is 0.264 e. The Hall–Kier alpha value is -2.74. The number of nitrogens with one attached hydrogen (secondary N) is 2. The molecule has 0 spiro atoms. The Morgan fingerprint density at radius 2 is 1.83 bits per heavy atom. The van der Waals surface area contributed by atoms with Crippen LogP contribution in [-0.4, -0.2) is 24.3 Å². The Labute approximate surface area is 134 Å². The van der Waals surface area contributed by atoms with Crippen LogP contribution >= 0.6 is 0 Å². The first-order valence-corrected chi connectivity index (χ1v) is 8.15. The number of aryl methyl sites for hydroxylation is 1. The molecule has 1 amide bonds. The topological polar surface area (TPSA) is 101 Å². The Balaban J connectivity index is 2.17. The molecular weight excluding hydrogens is 316 g/mol. The normalized spacial score (nSPS) is 10.9. The van der Waals surface area contributed by atoms with Crippen LogP contribution in [0.5, 0.6) is 0 Å². The highest BCUT2D eigenvalue weighted by molar-refractivity contribution is 7.92. The van der Waals surface area contributed by atoms with Crippen molar-refractivity contribution in [3.8, 4) is 0 Å². The molecule has 1 heterocycles. The number of benzene rings is 1. The molecule has 0 aliphatic carbocycles. The second-order valence-electron chi connectivity index (χ2n) is 4.89. The van der Waals surface area contributed by atoms with E-state index >= 15 is 0 Å². The quantitative estimate of drug-likeness (QED) is 0.817. The van der Waals surface area contributed by atoms with Gasteiger partial charge in [0.25, 0.3) is 15.9 Å². The number of rotatable bonds is 5. The van der Waals surface area contributed by atoms with Crippen molar-refractivity contribution in [1.82, 2.24) is 9.97 Å². The largest absolute Gasteiger partial charge is 0.322 e. The van der Waals surface area contributed by atoms with Gasteiger partial charge in [-0.15, -0.1) is 0 Å². The van der Waals surface area contributed by atoms with E-state index < -0.39 is 10.0 Å². The van der Waals surface area contributed by atoms with E-state index in [4.69, 9.17) is 0 Å². The fourth-order valence-electron chi connectivity index (χ4n) is 1.63. The third-order valence-corrected chi connectivity index (χ3v) is 4.17. The number of sulfonamides is 1. The fraction of sp³-hybridized carbons (Fsp3) is 0.133. The first-order valence-electron chi connectivity index (χ1n) is 6.67. The molecule has 8 heteroatoms. The van der Waals surface area contributed by atoms with Crippen molar-refractivity contribution in [2.75, 3.05) is 10.0 Å². The zero-order valence-electron chi connectivity index (χ0n) is 12.7. The Bertz CT molecular complexity index is 845. The second-order valence-corrected chi connectivity index (χ2v) is 6.57. The van der Waals surface area contributed by atoms with E-state index in [1.807, 2.05) is 0 Å². The summed E-state index contributed by atoms with van der Waals surface area (Å²) in [4.78, 5) is 19.4. The molecule has 0 atom stereocenters. The molecule has 0 fully saturated rings. The lowest BCUT2D eigenvalue weighted by molar-refractivity contribution is -0.112. The average Bonchev–Trinajstić information content (AvgIpc) is 2.47. The molecule has 0 bridgehead atoms. The number of aromatic nitrogens is 2. The number of amides is 1. The van der Waals surface area contributed by atoms with Crippen LogP contribution in [0, 0.1) is 6.92 Å². The summed E-state index contributed by atoms with van der Waals surface area (Å²) in [6.07, 6.45) is 1.47. The van der Waals surface area contributed by atoms with Crippen LogP contribution in [0.2, 0.25) is 0 Å². The summed E-state index contributed by atoms with van der Waals surface area (Å²) in [5, 5.41) is 2.60. The summed E-state index contributed by atoms with van der Waals surface area (Å²) in [6, 6.07) is 7.41. The van der Waals surface area contributed by atoms with Crippen LogP contribution in [0.1, 0.15) is 12.6 Å². The zero-order valence-corrected chi connectivity index (χ0v) is 13.5. The average molecular weight is 332 g/mol. The van der Waals surface area contributed by atoms with E-state index in [1.54, 1.807) is 19.9 Å². The van der Waals surface area contributed by atoms with Gasteiger partial charge in [-0.1, -0.05) is 6.58 Å². The highest BCUT2D eigenvalue weighted by Gasteiger charge is 2.15. The predicted octanol–water partition coefficient (Wildman–Crippen LogP) is 2.10. The second kappa shape index (κ2) is 6.57. The molecule has 23 heavy (non-hydrogen) atoms. The minimum atomic E-state index is -3.80. The van der Waals surface area contributed by atoms with Gasteiger partial charge in [0.1, 0.15) is 0 Å². The van der Waals surface area contributed by atoms with E-state index in [-0.39, 0.29) is 16.8 Å². The van der Waals surface area contributed by atoms with Crippen LogP contribution in [-0.2, 0) is 14.8 Å². The van der Waals surface area contributed by atoms with Crippen LogP contribution in [0.4, 0.5) is 11.6 Å². The zero-order chi connectivity index (χ0) is 17.0. The standard InChI is InChI=1S/C15H16N4O3S/c1-10(2)14(20)18-12-4-6-13(7-5-12)23(21,22)19-15-16-9-8-11(3)17-15/h4-9H,1H2,2-3H3,(H,18,20)(H,16,17,19). The summed E-state index contributed by atoms with van der Waals surface area (Å²) < 4.78 is 26.8. The molecule has 1 aromatic carbocycles. The molecule has 0 aliphatic heterocycles. The van der Waals surface area contributed by atoms with Crippen molar-refractivity contribution in [1.29, 1.82) is 0 Å². The van der Waals surface area contributed by atoms with E-state index in [9.17, 15) is 13.2 Å². The van der Waals surface area contributed by atoms with Crippen molar-refractivity contribution in [3.63, 3.8) is 0 Å². The molecule has 7 nitrogen and oxygen atoms in total. The summed E-state index contributed by atoms with van der Waals surface area (Å²) >= 11 is 0. The minimum Gasteiger partial charge on any atom is -0.322 e. The maximum absolute atomic E-state index is 12.3. The predicted molar refractivity (Wildman–Crippen MR) is 87.5 cm³/mol. The smallest absolute Gasteiger partial charge is 0.264 e. The number of nitrogens with zero attached hydrogens (tertiary/aromatic N) is 2. The van der Waals surface area contributed by atoms with Crippen LogP contribution in [0.3, 0.4) is 0 Å². The molecule has 0 radical (unpaired) electrons. The Kier molecular flexibility index (Phi) is 4.75. The van der Waals surface area contributed by atoms with E-state index in [0.29, 0.717) is 17.0 Å². The molecule has 2 N–H and O–H groups in total. The van der Waals surface area contributed by atoms with Crippen LogP contribution in [0.15, 0.2) is 53.6 Å². The fourth-order valence-corrected chi connectivity index (χ4v) is 2.58. The van der Waals surface area contributed by atoms with Gasteiger partial charge in [-0.3, -0.25) is 4.79 Å². The van der Waals surface area contributed by atoms with Gasteiger partial charge in [0, 0.05) is 23.2 Å². The molecule has 0 aliphatic rings. The summed E-state index contributed by atoms with van der Waals surface area (Å²) in [6.45, 7) is 6.85. The van der Waals surface area contributed by atoms with E-state index in [0.717, 1.165) is 0 Å². The molecular formula is C15H16N4O3S. The monoisotopic (exact) mass is 332 g/mol. The highest BCUT2D eigenvalue weighted by Crippen LogP contribution is 2.17. The lowest BCUT2D eigenvalue weighted by atomic mass is 10.3. The lowest BCUT2D eigenvalue weighted by Crippen LogP contribution is -2.16. The summed E-state index contributed by atoms with van der Waals surface area (Å²) in [5.41, 5.74) is 1.49. The lowest BCUT2D eigenvalue weighted by Gasteiger charge is -2.08. The Morgan fingerprint density at radius 3 is 2.39 bits per heavy atom. The van der Waals surface area contributed by atoms with E-state index in [2.05, 4.69) is 26.6 Å².